The van der Waals surface area contributed by atoms with Crippen LogP contribution in [0.3, 0.4) is 0 Å². The van der Waals surface area contributed by atoms with E-state index in [1.54, 1.807) is 26.0 Å². The number of benzene rings is 1. The number of allylic oxidation sites excluding steroid dienone is 4. The first kappa shape index (κ1) is 42.8. The van der Waals surface area contributed by atoms with E-state index in [4.69, 9.17) is 0 Å². The molecule has 0 bridgehead atoms. The van der Waals surface area contributed by atoms with Crippen LogP contribution in [0.2, 0.25) is 0 Å². The number of nitrogens with one attached hydrogen (secondary N) is 4. The molecule has 4 N–H and O–H groups in total. The predicted molar refractivity (Wildman–Crippen MR) is 176 cm³/mol. The molecule has 42 heavy (non-hydrogen) atoms. The molecule has 1 aromatic rings. The van der Waals surface area contributed by atoms with E-state index >= 15 is 0 Å². The van der Waals surface area contributed by atoms with E-state index in [1.807, 2.05) is 43.3 Å². The Balaban J connectivity index is -0.000000614. The molecule has 0 aliphatic heterocycles. The smallest absolute Gasteiger partial charge is 0.242 e. The summed E-state index contributed by atoms with van der Waals surface area (Å²) in [6.07, 6.45) is 7.66. The number of hydrogen-bond acceptors (Lipinski definition) is 6. The zero-order valence-corrected chi connectivity index (χ0v) is 27.3. The van der Waals surface area contributed by atoms with Crippen LogP contribution in [0, 0.1) is 5.92 Å². The van der Waals surface area contributed by atoms with E-state index in [0.29, 0.717) is 19.4 Å². The number of carbonyl (C=O) groups is 5. The molecule has 0 radical (unpaired) electrons. The van der Waals surface area contributed by atoms with Crippen LogP contribution in [0.25, 0.3) is 0 Å². The lowest BCUT2D eigenvalue weighted by atomic mass is 10.2. The Kier molecular flexibility index (Phi) is 29.4. The van der Waals surface area contributed by atoms with Gasteiger partial charge in [-0.15, -0.1) is 0 Å². The minimum atomic E-state index is -0.655. The van der Waals surface area contributed by atoms with E-state index < -0.39 is 11.9 Å². The van der Waals surface area contributed by atoms with E-state index in [1.165, 1.54) is 7.05 Å². The lowest BCUT2D eigenvalue weighted by Gasteiger charge is -2.13. The van der Waals surface area contributed by atoms with Gasteiger partial charge in [0.25, 0.3) is 0 Å². The van der Waals surface area contributed by atoms with Crippen LogP contribution in [0.5, 0.6) is 0 Å². The number of amides is 4. The fourth-order valence-electron chi connectivity index (χ4n) is 2.57. The van der Waals surface area contributed by atoms with E-state index in [9.17, 15) is 24.0 Å². The van der Waals surface area contributed by atoms with Gasteiger partial charge < -0.3 is 21.3 Å². The second-order valence-corrected chi connectivity index (χ2v) is 10.5. The number of thiol groups is 1. The number of rotatable bonds is 14. The minimum Gasteiger partial charge on any atom is -0.359 e. The Labute approximate surface area is 258 Å². The quantitative estimate of drug-likeness (QED) is 0.0705. The molecule has 0 aromatic heterocycles. The SMILES string of the molecule is C=C/C=C(/C)C=C.CC(=O)c1ccccc1.CC(C)C.CNC(=O)[C@H](C)NC(=O)CNC(=O)C[C@@H](S)CCCNC=O. The van der Waals surface area contributed by atoms with E-state index in [-0.39, 0.29) is 35.8 Å². The fourth-order valence-corrected chi connectivity index (χ4v) is 2.92. The van der Waals surface area contributed by atoms with Crippen molar-refractivity contribution in [2.45, 2.75) is 72.1 Å². The summed E-state index contributed by atoms with van der Waals surface area (Å²) in [4.78, 5) is 55.1. The molecular formula is C32H52N4O5S. The standard InChI is InChI=1S/C13H24N4O4S.C8H8O.C7H10.C4H10/c1-9(13(21)14-2)17-12(20)7-16-11(19)6-10(22)4-3-5-15-8-18;1-7(9)8-5-3-2-4-6-8;1-4-6-7(3)5-2;1-4(2)3/h8-10,22H,3-7H2,1-2H3,(H,14,21)(H,15,18)(H,16,19)(H,17,20);2-6H,1H3;4-6H,1-2H2,3H3;4H,1-3H3/b;;7-6-;/t9-,10-;;;/m0.../s1. The lowest BCUT2D eigenvalue weighted by molar-refractivity contribution is -0.129. The summed E-state index contributed by atoms with van der Waals surface area (Å²) < 4.78 is 0. The van der Waals surface area contributed by atoms with Crippen LogP contribution >= 0.6 is 12.6 Å². The highest BCUT2D eigenvalue weighted by atomic mass is 32.1. The Morgan fingerprint density at radius 2 is 1.55 bits per heavy atom. The van der Waals surface area contributed by atoms with Gasteiger partial charge in [-0.1, -0.05) is 88.1 Å². The summed E-state index contributed by atoms with van der Waals surface area (Å²) in [5, 5.41) is 9.74. The van der Waals surface area contributed by atoms with Crippen molar-refractivity contribution in [2.24, 2.45) is 5.92 Å². The van der Waals surface area contributed by atoms with Crippen molar-refractivity contribution in [2.75, 3.05) is 20.1 Å². The van der Waals surface area contributed by atoms with Gasteiger partial charge in [0.1, 0.15) is 6.04 Å². The third-order valence-electron chi connectivity index (χ3n) is 4.71. The van der Waals surface area contributed by atoms with E-state index in [2.05, 4.69) is 67.8 Å². The van der Waals surface area contributed by atoms with Gasteiger partial charge >= 0.3 is 0 Å². The van der Waals surface area contributed by atoms with Crippen molar-refractivity contribution in [1.29, 1.82) is 0 Å². The third kappa shape index (κ3) is 30.9. The van der Waals surface area contributed by atoms with Crippen LogP contribution in [-0.2, 0) is 19.2 Å². The summed E-state index contributed by atoms with van der Waals surface area (Å²) in [6.45, 7) is 19.0. The number of carbonyl (C=O) groups excluding carboxylic acids is 5. The maximum Gasteiger partial charge on any atom is 0.242 e. The number of hydrogen-bond donors (Lipinski definition) is 5. The van der Waals surface area contributed by atoms with Crippen molar-refractivity contribution in [3.63, 3.8) is 0 Å². The fraction of sp³-hybridized carbons (Fsp3) is 0.469. The highest BCUT2D eigenvalue weighted by Gasteiger charge is 2.15. The first-order valence-electron chi connectivity index (χ1n) is 13.9. The molecule has 2 atom stereocenters. The second kappa shape index (κ2) is 28.9. The first-order valence-corrected chi connectivity index (χ1v) is 14.4. The van der Waals surface area contributed by atoms with Crippen molar-refractivity contribution >= 4 is 42.5 Å². The molecule has 1 rings (SSSR count). The molecule has 4 amide bonds. The van der Waals surface area contributed by atoms with Gasteiger partial charge in [0.15, 0.2) is 5.78 Å². The monoisotopic (exact) mass is 604 g/mol. The van der Waals surface area contributed by atoms with Crippen molar-refractivity contribution in [1.82, 2.24) is 21.3 Å². The predicted octanol–water partition coefficient (Wildman–Crippen LogP) is 4.42. The summed E-state index contributed by atoms with van der Waals surface area (Å²) in [5.74, 6) is -0.0731. The van der Waals surface area contributed by atoms with Gasteiger partial charge in [-0.25, -0.2) is 0 Å². The van der Waals surface area contributed by atoms with Gasteiger partial charge in [-0.05, 0) is 39.5 Å². The topological polar surface area (TPSA) is 133 Å². The van der Waals surface area contributed by atoms with Gasteiger partial charge in [-0.3, -0.25) is 24.0 Å². The average Bonchev–Trinajstić information content (AvgIpc) is 2.94. The molecule has 236 valence electrons. The number of Topliss-reactive ketones (excluding diaryl/α,β-unsaturated/α-hetero) is 1. The Bertz CT molecular complexity index is 962. The Hall–Kier alpha value is -3.66. The maximum atomic E-state index is 11.6. The molecule has 1 aromatic carbocycles. The summed E-state index contributed by atoms with van der Waals surface area (Å²) in [5.41, 5.74) is 1.92. The Morgan fingerprint density at radius 1 is 0.976 bits per heavy atom. The largest absolute Gasteiger partial charge is 0.359 e. The van der Waals surface area contributed by atoms with Gasteiger partial charge in [0.05, 0.1) is 6.54 Å². The molecule has 9 nitrogen and oxygen atoms in total. The summed E-state index contributed by atoms with van der Waals surface area (Å²) in [7, 11) is 1.48. The van der Waals surface area contributed by atoms with Crippen LogP contribution in [-0.4, -0.2) is 61.3 Å². The molecule has 0 heterocycles. The van der Waals surface area contributed by atoms with Crippen LogP contribution in [0.1, 0.15) is 71.2 Å². The lowest BCUT2D eigenvalue weighted by Crippen LogP contribution is -2.47. The van der Waals surface area contributed by atoms with Crippen LogP contribution < -0.4 is 21.3 Å². The summed E-state index contributed by atoms with van der Waals surface area (Å²) >= 11 is 4.28. The van der Waals surface area contributed by atoms with Crippen molar-refractivity contribution in [3.05, 3.63) is 72.9 Å². The molecule has 0 saturated carbocycles. The first-order chi connectivity index (χ1) is 19.7. The summed E-state index contributed by atoms with van der Waals surface area (Å²) in [6, 6.07) is 8.57. The van der Waals surface area contributed by atoms with E-state index in [0.717, 1.165) is 23.5 Å². The molecule has 10 heteroatoms. The van der Waals surface area contributed by atoms with Crippen LogP contribution in [0.15, 0.2) is 67.3 Å². The zero-order valence-electron chi connectivity index (χ0n) is 26.4. The highest BCUT2D eigenvalue weighted by molar-refractivity contribution is 7.81. The van der Waals surface area contributed by atoms with Crippen molar-refractivity contribution < 1.29 is 24.0 Å². The molecule has 0 unspecified atom stereocenters. The van der Waals surface area contributed by atoms with Gasteiger partial charge in [0.2, 0.25) is 24.1 Å². The van der Waals surface area contributed by atoms with Gasteiger partial charge in [-0.2, -0.15) is 12.6 Å². The second-order valence-electron chi connectivity index (χ2n) is 9.76. The van der Waals surface area contributed by atoms with Gasteiger partial charge in [0, 0.05) is 30.8 Å². The minimum absolute atomic E-state index is 0.121. The molecule has 0 spiro atoms. The Morgan fingerprint density at radius 3 is 1.95 bits per heavy atom. The van der Waals surface area contributed by atoms with Crippen LogP contribution in [0.4, 0.5) is 0 Å². The average molecular weight is 605 g/mol. The van der Waals surface area contributed by atoms with Crippen molar-refractivity contribution in [3.8, 4) is 0 Å². The normalized spacial score (nSPS) is 11.2. The third-order valence-corrected chi connectivity index (χ3v) is 5.15. The molecular weight excluding hydrogens is 552 g/mol. The molecule has 0 aliphatic rings. The molecule has 0 saturated heterocycles. The molecule has 0 aliphatic carbocycles. The number of ketones is 1. The highest BCUT2D eigenvalue weighted by Crippen LogP contribution is 2.08. The molecule has 0 fully saturated rings. The maximum absolute atomic E-state index is 11.6. The number of likely N-dealkylation sites (N-methyl/N-ethyl adjacent to an activating group) is 1. The zero-order chi connectivity index (χ0) is 32.9.